The number of rotatable bonds is 6. The molecule has 2 fully saturated rings. The van der Waals surface area contributed by atoms with Gasteiger partial charge in [0.15, 0.2) is 0 Å². The molecule has 2 aliphatic heterocycles. The summed E-state index contributed by atoms with van der Waals surface area (Å²) in [5, 5.41) is 14.8. The van der Waals surface area contributed by atoms with E-state index >= 15 is 0 Å². The highest BCUT2D eigenvalue weighted by Gasteiger charge is 2.30. The lowest BCUT2D eigenvalue weighted by Crippen LogP contribution is -2.51. The van der Waals surface area contributed by atoms with E-state index in [1.165, 1.54) is 5.56 Å². The van der Waals surface area contributed by atoms with Crippen molar-refractivity contribution in [3.05, 3.63) is 60.2 Å². The fourth-order valence-electron chi connectivity index (χ4n) is 4.60. The Kier molecular flexibility index (Phi) is 10.1. The monoisotopic (exact) mass is 497 g/mol. The number of likely N-dealkylation sites (tertiary alicyclic amines) is 1. The number of carboxylic acid groups (broad SMARTS) is 2. The molecule has 0 atom stereocenters. The van der Waals surface area contributed by atoms with Gasteiger partial charge in [-0.2, -0.15) is 0 Å². The van der Waals surface area contributed by atoms with Crippen LogP contribution >= 0.6 is 0 Å². The Bertz CT molecular complexity index is 988. The largest absolute Gasteiger partial charge is 0.492 e. The Labute approximate surface area is 211 Å². The molecule has 2 heterocycles. The fourth-order valence-corrected chi connectivity index (χ4v) is 4.60. The number of carbonyl (C=O) groups is 3. The second-order valence-corrected chi connectivity index (χ2v) is 8.86. The summed E-state index contributed by atoms with van der Waals surface area (Å²) in [7, 11) is 0. The van der Waals surface area contributed by atoms with Crippen LogP contribution in [0.15, 0.2) is 54.6 Å². The quantitative estimate of drug-likeness (QED) is 0.587. The number of amides is 1. The first-order valence-corrected chi connectivity index (χ1v) is 12.4. The maximum Gasteiger partial charge on any atom is 0.414 e. The molecule has 4 rings (SSSR count). The first-order valence-electron chi connectivity index (χ1n) is 12.4. The normalized spacial score (nSPS) is 16.6. The molecule has 1 amide bonds. The zero-order valence-corrected chi connectivity index (χ0v) is 20.7. The molecule has 9 heteroatoms. The van der Waals surface area contributed by atoms with Crippen molar-refractivity contribution in [3.63, 3.8) is 0 Å². The Hall–Kier alpha value is -3.59. The molecule has 0 spiro atoms. The van der Waals surface area contributed by atoms with Crippen LogP contribution in [-0.4, -0.2) is 83.7 Å². The number of hydrogen-bond donors (Lipinski definition) is 2. The van der Waals surface area contributed by atoms with E-state index in [0.717, 1.165) is 70.1 Å². The van der Waals surface area contributed by atoms with Gasteiger partial charge in [0.1, 0.15) is 5.75 Å². The SMILES string of the molecule is CCOc1ccccc1N1CCN(C(=O)C2CCN(Cc3ccccc3)CC2)CC1.O=C(O)C(=O)O. The first-order chi connectivity index (χ1) is 17.4. The van der Waals surface area contributed by atoms with Crippen molar-refractivity contribution in [2.24, 2.45) is 5.92 Å². The minimum atomic E-state index is -1.82. The van der Waals surface area contributed by atoms with Gasteiger partial charge in [-0.1, -0.05) is 42.5 Å². The van der Waals surface area contributed by atoms with E-state index < -0.39 is 11.9 Å². The third-order valence-electron chi connectivity index (χ3n) is 6.47. The predicted octanol–water partition coefficient (Wildman–Crippen LogP) is 2.80. The molecule has 2 saturated heterocycles. The molecule has 0 radical (unpaired) electrons. The van der Waals surface area contributed by atoms with Crippen LogP contribution < -0.4 is 9.64 Å². The highest BCUT2D eigenvalue weighted by molar-refractivity contribution is 6.27. The van der Waals surface area contributed by atoms with Gasteiger partial charge in [-0.25, -0.2) is 9.59 Å². The predicted molar refractivity (Wildman–Crippen MR) is 136 cm³/mol. The number of carboxylic acids is 2. The molecule has 0 bridgehead atoms. The summed E-state index contributed by atoms with van der Waals surface area (Å²) in [5.74, 6) is -2.18. The number of aliphatic carboxylic acids is 2. The summed E-state index contributed by atoms with van der Waals surface area (Å²) >= 11 is 0. The molecule has 9 nitrogen and oxygen atoms in total. The maximum absolute atomic E-state index is 13.1. The smallest absolute Gasteiger partial charge is 0.414 e. The lowest BCUT2D eigenvalue weighted by atomic mass is 9.94. The summed E-state index contributed by atoms with van der Waals surface area (Å²) in [4.78, 5) is 38.2. The number of piperazine rings is 1. The highest BCUT2D eigenvalue weighted by Crippen LogP contribution is 2.29. The molecule has 2 aromatic carbocycles. The van der Waals surface area contributed by atoms with E-state index in [-0.39, 0.29) is 5.92 Å². The van der Waals surface area contributed by atoms with Crippen LogP contribution in [0.1, 0.15) is 25.3 Å². The second kappa shape index (κ2) is 13.5. The standard InChI is InChI=1S/C25H33N3O2.C2H2O4/c1-2-30-24-11-7-6-10-23(24)27-16-18-28(19-17-27)25(29)22-12-14-26(15-13-22)20-21-8-4-3-5-9-21;3-1(4)2(5)6/h3-11,22H,2,12-20H2,1H3;(H,3,4)(H,5,6). The van der Waals surface area contributed by atoms with Gasteiger partial charge in [0.25, 0.3) is 0 Å². The van der Waals surface area contributed by atoms with Crippen LogP contribution in [0, 0.1) is 5.92 Å². The van der Waals surface area contributed by atoms with Gasteiger partial charge in [0.2, 0.25) is 5.91 Å². The topological polar surface area (TPSA) is 111 Å². The average Bonchev–Trinajstić information content (AvgIpc) is 2.90. The van der Waals surface area contributed by atoms with Crippen LogP contribution in [0.25, 0.3) is 0 Å². The van der Waals surface area contributed by atoms with E-state index in [9.17, 15) is 4.79 Å². The van der Waals surface area contributed by atoms with Crippen LogP contribution in [0.5, 0.6) is 5.75 Å². The van der Waals surface area contributed by atoms with Crippen molar-refractivity contribution >= 4 is 23.5 Å². The molecule has 194 valence electrons. The number of carbonyl (C=O) groups excluding carboxylic acids is 1. The van der Waals surface area contributed by atoms with Crippen molar-refractivity contribution in [1.29, 1.82) is 0 Å². The Morgan fingerprint density at radius 1 is 0.833 bits per heavy atom. The number of anilines is 1. The summed E-state index contributed by atoms with van der Waals surface area (Å²) < 4.78 is 5.79. The number of piperidine rings is 1. The van der Waals surface area contributed by atoms with Crippen LogP contribution in [0.3, 0.4) is 0 Å². The third kappa shape index (κ3) is 7.71. The number of nitrogens with zero attached hydrogens (tertiary/aromatic N) is 3. The van der Waals surface area contributed by atoms with Crippen molar-refractivity contribution in [1.82, 2.24) is 9.80 Å². The highest BCUT2D eigenvalue weighted by atomic mass is 16.5. The van der Waals surface area contributed by atoms with Gasteiger partial charge in [-0.05, 0) is 50.6 Å². The number of hydrogen-bond acceptors (Lipinski definition) is 6. The summed E-state index contributed by atoms with van der Waals surface area (Å²) in [6, 6.07) is 18.8. The molecular formula is C27H35N3O6. The van der Waals surface area contributed by atoms with Crippen LogP contribution in [-0.2, 0) is 20.9 Å². The minimum Gasteiger partial charge on any atom is -0.492 e. The minimum absolute atomic E-state index is 0.180. The number of benzene rings is 2. The van der Waals surface area contributed by atoms with Gasteiger partial charge < -0.3 is 24.7 Å². The molecule has 0 aliphatic carbocycles. The molecule has 0 unspecified atom stereocenters. The zero-order valence-electron chi connectivity index (χ0n) is 20.7. The molecule has 2 aliphatic rings. The van der Waals surface area contributed by atoms with E-state index in [1.807, 2.05) is 19.1 Å². The molecule has 0 saturated carbocycles. The number of ether oxygens (including phenoxy) is 1. The van der Waals surface area contributed by atoms with Crippen LogP contribution in [0.4, 0.5) is 5.69 Å². The lowest BCUT2D eigenvalue weighted by Gasteiger charge is -2.39. The zero-order chi connectivity index (χ0) is 25.9. The van der Waals surface area contributed by atoms with Gasteiger partial charge in [0, 0.05) is 38.6 Å². The molecule has 36 heavy (non-hydrogen) atoms. The van der Waals surface area contributed by atoms with Gasteiger partial charge in [0.05, 0.1) is 12.3 Å². The summed E-state index contributed by atoms with van der Waals surface area (Å²) in [6.07, 6.45) is 1.94. The molecule has 2 N–H and O–H groups in total. The maximum atomic E-state index is 13.1. The second-order valence-electron chi connectivity index (χ2n) is 8.86. The summed E-state index contributed by atoms with van der Waals surface area (Å²) in [5.41, 5.74) is 2.49. The van der Waals surface area contributed by atoms with E-state index in [4.69, 9.17) is 24.5 Å². The van der Waals surface area contributed by atoms with Crippen molar-refractivity contribution in [3.8, 4) is 5.75 Å². The van der Waals surface area contributed by atoms with E-state index in [1.54, 1.807) is 0 Å². The van der Waals surface area contributed by atoms with Gasteiger partial charge in [-0.3, -0.25) is 9.69 Å². The molecule has 2 aromatic rings. The van der Waals surface area contributed by atoms with E-state index in [0.29, 0.717) is 12.5 Å². The molecular weight excluding hydrogens is 462 g/mol. The first kappa shape index (κ1) is 27.0. The van der Waals surface area contributed by atoms with Crippen molar-refractivity contribution in [2.45, 2.75) is 26.3 Å². The number of para-hydroxylation sites is 2. The van der Waals surface area contributed by atoms with Gasteiger partial charge in [-0.15, -0.1) is 0 Å². The summed E-state index contributed by atoms with van der Waals surface area (Å²) in [6.45, 7) is 9.00. The molecule has 0 aromatic heterocycles. The van der Waals surface area contributed by atoms with Crippen molar-refractivity contribution in [2.75, 3.05) is 50.8 Å². The fraction of sp³-hybridized carbons (Fsp3) is 0.444. The Morgan fingerprint density at radius 2 is 1.42 bits per heavy atom. The van der Waals surface area contributed by atoms with Crippen LogP contribution in [0.2, 0.25) is 0 Å². The Balaban J connectivity index is 0.000000538. The van der Waals surface area contributed by atoms with Gasteiger partial charge >= 0.3 is 11.9 Å². The lowest BCUT2D eigenvalue weighted by molar-refractivity contribution is -0.159. The third-order valence-corrected chi connectivity index (χ3v) is 6.47. The Morgan fingerprint density at radius 3 is 2.00 bits per heavy atom. The van der Waals surface area contributed by atoms with E-state index in [2.05, 4.69) is 57.2 Å². The average molecular weight is 498 g/mol. The van der Waals surface area contributed by atoms with Crippen molar-refractivity contribution < 1.29 is 29.3 Å².